The highest BCUT2D eigenvalue weighted by Crippen LogP contribution is 2.17. The molecule has 0 saturated heterocycles. The lowest BCUT2D eigenvalue weighted by atomic mass is 9.95. The largest absolute Gasteiger partial charge is 0.397 e. The fourth-order valence-electron chi connectivity index (χ4n) is 1.32. The van der Waals surface area contributed by atoms with E-state index in [4.69, 9.17) is 11.0 Å². The van der Waals surface area contributed by atoms with Crippen molar-refractivity contribution < 1.29 is 0 Å². The highest BCUT2D eigenvalue weighted by atomic mass is 16.1. The smallest absolute Gasteiger partial charge is 0.250 e. The van der Waals surface area contributed by atoms with Crippen LogP contribution in [0.3, 0.4) is 0 Å². The Bertz CT molecular complexity index is 466. The predicted molar refractivity (Wildman–Crippen MR) is 59.2 cm³/mol. The lowest BCUT2D eigenvalue weighted by molar-refractivity contribution is 0.397. The molecular formula is C11H15N3O. The Balaban J connectivity index is 3.22. The number of hydrogen-bond acceptors (Lipinski definition) is 3. The first-order valence-corrected chi connectivity index (χ1v) is 4.74. The molecule has 0 amide bonds. The maximum absolute atomic E-state index is 11.6. The van der Waals surface area contributed by atoms with Crippen molar-refractivity contribution in [3.63, 3.8) is 0 Å². The molecule has 4 heteroatoms. The summed E-state index contributed by atoms with van der Waals surface area (Å²) in [6.07, 6.45) is 0. The van der Waals surface area contributed by atoms with Gasteiger partial charge in [0.15, 0.2) is 0 Å². The SMILES string of the molecule is Cc1c(N)ccc(=O)n1CC(C)(C)C#N. The summed E-state index contributed by atoms with van der Waals surface area (Å²) >= 11 is 0. The predicted octanol–water partition coefficient (Wildman–Crippen LogP) is 1.29. The first-order chi connectivity index (χ1) is 6.87. The number of nitriles is 1. The summed E-state index contributed by atoms with van der Waals surface area (Å²) in [5, 5.41) is 8.91. The molecule has 1 aromatic heterocycles. The van der Waals surface area contributed by atoms with Crippen LogP contribution in [0.1, 0.15) is 19.5 Å². The summed E-state index contributed by atoms with van der Waals surface area (Å²) in [5.41, 5.74) is 6.31. The standard InChI is InChI=1S/C11H15N3O/c1-8-9(13)4-5-10(15)14(8)7-11(2,3)6-12/h4-5H,7,13H2,1-3H3. The second kappa shape index (κ2) is 3.77. The van der Waals surface area contributed by atoms with Gasteiger partial charge < -0.3 is 10.3 Å². The van der Waals surface area contributed by atoms with Crippen LogP contribution >= 0.6 is 0 Å². The van der Waals surface area contributed by atoms with Crippen molar-refractivity contribution >= 4 is 5.69 Å². The lowest BCUT2D eigenvalue weighted by Gasteiger charge is -2.19. The fraction of sp³-hybridized carbons (Fsp3) is 0.455. The van der Waals surface area contributed by atoms with E-state index in [1.807, 2.05) is 0 Å². The highest BCUT2D eigenvalue weighted by molar-refractivity contribution is 5.41. The van der Waals surface area contributed by atoms with Crippen LogP contribution in [-0.4, -0.2) is 4.57 Å². The number of hydrogen-bond donors (Lipinski definition) is 1. The summed E-state index contributed by atoms with van der Waals surface area (Å²) in [6.45, 7) is 5.73. The Hall–Kier alpha value is -1.76. The van der Waals surface area contributed by atoms with Gasteiger partial charge in [-0.05, 0) is 26.8 Å². The molecule has 0 aliphatic carbocycles. The maximum atomic E-state index is 11.6. The minimum atomic E-state index is -0.567. The molecule has 1 heterocycles. The van der Waals surface area contributed by atoms with Crippen LogP contribution in [0.15, 0.2) is 16.9 Å². The molecule has 0 saturated carbocycles. The van der Waals surface area contributed by atoms with E-state index < -0.39 is 5.41 Å². The Morgan fingerprint density at radius 3 is 2.67 bits per heavy atom. The van der Waals surface area contributed by atoms with Crippen LogP contribution in [0.25, 0.3) is 0 Å². The number of nitrogen functional groups attached to an aromatic ring is 1. The average Bonchev–Trinajstić information content (AvgIpc) is 2.19. The molecule has 15 heavy (non-hydrogen) atoms. The van der Waals surface area contributed by atoms with Crippen LogP contribution in [0.5, 0.6) is 0 Å². The number of aromatic nitrogens is 1. The Kier molecular flexibility index (Phi) is 2.85. The molecule has 1 rings (SSSR count). The van der Waals surface area contributed by atoms with Crippen LogP contribution in [0, 0.1) is 23.7 Å². The summed E-state index contributed by atoms with van der Waals surface area (Å²) in [7, 11) is 0. The number of nitrogens with zero attached hydrogens (tertiary/aromatic N) is 2. The minimum absolute atomic E-state index is 0.120. The van der Waals surface area contributed by atoms with E-state index in [9.17, 15) is 4.79 Å². The molecule has 1 aromatic rings. The summed E-state index contributed by atoms with van der Waals surface area (Å²) < 4.78 is 1.54. The highest BCUT2D eigenvalue weighted by Gasteiger charge is 2.19. The number of anilines is 1. The molecule has 0 bridgehead atoms. The third kappa shape index (κ3) is 2.38. The average molecular weight is 205 g/mol. The first kappa shape index (κ1) is 11.3. The second-order valence-electron chi connectivity index (χ2n) is 4.29. The topological polar surface area (TPSA) is 71.8 Å². The van der Waals surface area contributed by atoms with Crippen molar-refractivity contribution in [1.82, 2.24) is 4.57 Å². The Labute approximate surface area is 88.9 Å². The molecule has 0 aliphatic rings. The quantitative estimate of drug-likeness (QED) is 0.790. The van der Waals surface area contributed by atoms with E-state index in [1.165, 1.54) is 6.07 Å². The van der Waals surface area contributed by atoms with Crippen molar-refractivity contribution in [2.75, 3.05) is 5.73 Å². The molecule has 0 atom stereocenters. The van der Waals surface area contributed by atoms with Crippen molar-refractivity contribution in [3.8, 4) is 6.07 Å². The van der Waals surface area contributed by atoms with Gasteiger partial charge >= 0.3 is 0 Å². The summed E-state index contributed by atoms with van der Waals surface area (Å²) in [5.74, 6) is 0. The molecule has 80 valence electrons. The van der Waals surface area contributed by atoms with Gasteiger partial charge in [0.2, 0.25) is 0 Å². The van der Waals surface area contributed by atoms with Crippen LogP contribution in [0.2, 0.25) is 0 Å². The third-order valence-electron chi connectivity index (χ3n) is 2.35. The zero-order valence-electron chi connectivity index (χ0n) is 9.24. The van der Waals surface area contributed by atoms with Crippen molar-refractivity contribution in [3.05, 3.63) is 28.2 Å². The lowest BCUT2D eigenvalue weighted by Crippen LogP contribution is -2.29. The van der Waals surface area contributed by atoms with Gasteiger partial charge in [0.1, 0.15) is 0 Å². The van der Waals surface area contributed by atoms with E-state index in [-0.39, 0.29) is 5.56 Å². The van der Waals surface area contributed by atoms with Gasteiger partial charge in [-0.15, -0.1) is 0 Å². The number of pyridine rings is 1. The van der Waals surface area contributed by atoms with E-state index in [1.54, 1.807) is 31.4 Å². The second-order valence-corrected chi connectivity index (χ2v) is 4.29. The van der Waals surface area contributed by atoms with Gasteiger partial charge in [-0.25, -0.2) is 0 Å². The van der Waals surface area contributed by atoms with Gasteiger partial charge in [0.05, 0.1) is 17.2 Å². The number of rotatable bonds is 2. The molecule has 4 nitrogen and oxygen atoms in total. The van der Waals surface area contributed by atoms with Crippen LogP contribution in [-0.2, 0) is 6.54 Å². The summed E-state index contributed by atoms with van der Waals surface area (Å²) in [4.78, 5) is 11.6. The molecular weight excluding hydrogens is 190 g/mol. The normalized spacial score (nSPS) is 11.1. The number of nitrogens with two attached hydrogens (primary N) is 1. The van der Waals surface area contributed by atoms with Gasteiger partial charge in [0.25, 0.3) is 5.56 Å². The van der Waals surface area contributed by atoms with Gasteiger partial charge in [-0.3, -0.25) is 4.79 Å². The molecule has 0 spiro atoms. The molecule has 0 aromatic carbocycles. The molecule has 0 fully saturated rings. The fourth-order valence-corrected chi connectivity index (χ4v) is 1.32. The van der Waals surface area contributed by atoms with E-state index >= 15 is 0 Å². The first-order valence-electron chi connectivity index (χ1n) is 4.74. The van der Waals surface area contributed by atoms with Gasteiger partial charge in [0, 0.05) is 18.3 Å². The molecule has 2 N–H and O–H groups in total. The molecule has 0 radical (unpaired) electrons. The minimum Gasteiger partial charge on any atom is -0.397 e. The Morgan fingerprint density at radius 2 is 2.13 bits per heavy atom. The van der Waals surface area contributed by atoms with Crippen LogP contribution in [0.4, 0.5) is 5.69 Å². The van der Waals surface area contributed by atoms with E-state index in [0.29, 0.717) is 17.9 Å². The van der Waals surface area contributed by atoms with Gasteiger partial charge in [-0.2, -0.15) is 5.26 Å². The van der Waals surface area contributed by atoms with E-state index in [0.717, 1.165) is 0 Å². The third-order valence-corrected chi connectivity index (χ3v) is 2.35. The Morgan fingerprint density at radius 1 is 1.53 bits per heavy atom. The summed E-state index contributed by atoms with van der Waals surface area (Å²) in [6, 6.07) is 5.18. The van der Waals surface area contributed by atoms with Crippen molar-refractivity contribution in [1.29, 1.82) is 5.26 Å². The molecule has 0 unspecified atom stereocenters. The zero-order chi connectivity index (χ0) is 11.6. The maximum Gasteiger partial charge on any atom is 0.250 e. The van der Waals surface area contributed by atoms with Crippen LogP contribution < -0.4 is 11.3 Å². The van der Waals surface area contributed by atoms with Crippen molar-refractivity contribution in [2.24, 2.45) is 5.41 Å². The van der Waals surface area contributed by atoms with Crippen molar-refractivity contribution in [2.45, 2.75) is 27.3 Å². The van der Waals surface area contributed by atoms with E-state index in [2.05, 4.69) is 6.07 Å². The zero-order valence-corrected chi connectivity index (χ0v) is 9.24. The monoisotopic (exact) mass is 205 g/mol. The molecule has 0 aliphatic heterocycles. The van der Waals surface area contributed by atoms with Gasteiger partial charge in [-0.1, -0.05) is 0 Å².